The largest absolute Gasteiger partial charge is 0.317 e. The van der Waals surface area contributed by atoms with E-state index in [0.717, 1.165) is 13.1 Å². The van der Waals surface area contributed by atoms with Crippen molar-refractivity contribution in [2.24, 2.45) is 0 Å². The van der Waals surface area contributed by atoms with Crippen molar-refractivity contribution in [3.63, 3.8) is 0 Å². The molecule has 4 heteroatoms. The Balaban J connectivity index is 0.00000176. The molecule has 0 saturated carbocycles. The van der Waals surface area contributed by atoms with Crippen molar-refractivity contribution in [1.82, 2.24) is 15.1 Å². The molecule has 1 aliphatic heterocycles. The van der Waals surface area contributed by atoms with Crippen LogP contribution in [0.15, 0.2) is 36.5 Å². The molecule has 1 saturated heterocycles. The van der Waals surface area contributed by atoms with E-state index in [1.165, 1.54) is 29.8 Å². The van der Waals surface area contributed by atoms with Crippen LogP contribution >= 0.6 is 12.4 Å². The van der Waals surface area contributed by atoms with Crippen LogP contribution in [0.2, 0.25) is 0 Å². The summed E-state index contributed by atoms with van der Waals surface area (Å²) in [6.45, 7) is 8.96. The molecular weight excluding hydrogens is 294 g/mol. The summed E-state index contributed by atoms with van der Waals surface area (Å²) >= 11 is 0. The lowest BCUT2D eigenvalue weighted by molar-refractivity contribution is 0.446. The normalized spacial score (nSPS) is 16.3. The number of benzene rings is 1. The lowest BCUT2D eigenvalue weighted by Crippen LogP contribution is -2.27. The summed E-state index contributed by atoms with van der Waals surface area (Å²) < 4.78 is 2.11. The zero-order valence-corrected chi connectivity index (χ0v) is 14.5. The Morgan fingerprint density at radius 1 is 1.05 bits per heavy atom. The summed E-state index contributed by atoms with van der Waals surface area (Å²) in [7, 11) is 0. The van der Waals surface area contributed by atoms with E-state index < -0.39 is 0 Å². The molecule has 0 amide bonds. The Kier molecular flexibility index (Phi) is 5.30. The lowest BCUT2D eigenvalue weighted by Gasteiger charge is -2.24. The Morgan fingerprint density at radius 2 is 1.68 bits per heavy atom. The van der Waals surface area contributed by atoms with Crippen LogP contribution in [-0.4, -0.2) is 22.9 Å². The maximum Gasteiger partial charge on any atom is 0.0649 e. The van der Waals surface area contributed by atoms with E-state index in [4.69, 9.17) is 0 Å². The summed E-state index contributed by atoms with van der Waals surface area (Å²) in [5, 5.41) is 7.98. The van der Waals surface area contributed by atoms with Gasteiger partial charge in [0.1, 0.15) is 0 Å². The van der Waals surface area contributed by atoms with Gasteiger partial charge in [-0.15, -0.1) is 12.4 Å². The number of hydrogen-bond acceptors (Lipinski definition) is 2. The Hall–Kier alpha value is -1.32. The van der Waals surface area contributed by atoms with E-state index in [0.29, 0.717) is 5.92 Å². The number of aromatic nitrogens is 2. The number of halogens is 1. The van der Waals surface area contributed by atoms with Gasteiger partial charge in [-0.3, -0.25) is 0 Å². The molecule has 22 heavy (non-hydrogen) atoms. The average molecular weight is 320 g/mol. The summed E-state index contributed by atoms with van der Waals surface area (Å²) in [6, 6.07) is 11.0. The molecule has 0 unspecified atom stereocenters. The molecule has 120 valence electrons. The van der Waals surface area contributed by atoms with E-state index in [-0.39, 0.29) is 17.8 Å². The molecule has 2 heterocycles. The standard InChI is InChI=1S/C18H25N3.ClH/c1-18(2,3)15-4-6-16(7-5-15)21-17(10-13-20-21)14-8-11-19-12-9-14;/h4-7,10,13-14,19H,8-9,11-12H2,1-3H3;1H. The van der Waals surface area contributed by atoms with E-state index in [2.05, 4.69) is 66.2 Å². The van der Waals surface area contributed by atoms with Crippen LogP contribution in [0, 0.1) is 0 Å². The van der Waals surface area contributed by atoms with Gasteiger partial charge >= 0.3 is 0 Å². The van der Waals surface area contributed by atoms with Gasteiger partial charge in [-0.05, 0) is 55.1 Å². The van der Waals surface area contributed by atoms with Crippen LogP contribution in [0.4, 0.5) is 0 Å². The monoisotopic (exact) mass is 319 g/mol. The van der Waals surface area contributed by atoms with Gasteiger partial charge in [-0.2, -0.15) is 5.10 Å². The van der Waals surface area contributed by atoms with Crippen molar-refractivity contribution in [1.29, 1.82) is 0 Å². The minimum absolute atomic E-state index is 0. The first-order valence-corrected chi connectivity index (χ1v) is 7.91. The fourth-order valence-electron chi connectivity index (χ4n) is 3.06. The predicted octanol–water partition coefficient (Wildman–Crippen LogP) is 4.06. The van der Waals surface area contributed by atoms with Gasteiger partial charge < -0.3 is 5.32 Å². The second-order valence-electron chi connectivity index (χ2n) is 6.99. The third kappa shape index (κ3) is 3.53. The molecule has 1 fully saturated rings. The summed E-state index contributed by atoms with van der Waals surface area (Å²) in [4.78, 5) is 0. The number of piperidine rings is 1. The highest BCUT2D eigenvalue weighted by Crippen LogP contribution is 2.28. The van der Waals surface area contributed by atoms with Crippen LogP contribution in [-0.2, 0) is 5.41 Å². The average Bonchev–Trinajstić information content (AvgIpc) is 2.97. The molecule has 3 rings (SSSR count). The highest BCUT2D eigenvalue weighted by Gasteiger charge is 2.20. The molecule has 0 bridgehead atoms. The van der Waals surface area contributed by atoms with Crippen LogP contribution in [0.25, 0.3) is 5.69 Å². The van der Waals surface area contributed by atoms with Gasteiger partial charge in [-0.1, -0.05) is 32.9 Å². The van der Waals surface area contributed by atoms with Crippen molar-refractivity contribution >= 4 is 12.4 Å². The Morgan fingerprint density at radius 3 is 2.27 bits per heavy atom. The molecule has 1 aliphatic rings. The third-order valence-electron chi connectivity index (χ3n) is 4.41. The van der Waals surface area contributed by atoms with E-state index in [1.54, 1.807) is 0 Å². The van der Waals surface area contributed by atoms with Crippen LogP contribution < -0.4 is 5.32 Å². The van der Waals surface area contributed by atoms with Crippen molar-refractivity contribution in [2.45, 2.75) is 44.9 Å². The summed E-state index contributed by atoms with van der Waals surface area (Å²) in [5.74, 6) is 0.621. The number of hydrogen-bond donors (Lipinski definition) is 1. The Bertz CT molecular complexity index is 590. The molecule has 3 nitrogen and oxygen atoms in total. The highest BCUT2D eigenvalue weighted by atomic mass is 35.5. The van der Waals surface area contributed by atoms with Gasteiger partial charge in [0.05, 0.1) is 5.69 Å². The molecule has 0 radical (unpaired) electrons. The van der Waals surface area contributed by atoms with Crippen molar-refractivity contribution in [2.75, 3.05) is 13.1 Å². The van der Waals surface area contributed by atoms with Crippen molar-refractivity contribution < 1.29 is 0 Å². The molecule has 1 aromatic carbocycles. The molecule has 0 spiro atoms. The Labute approximate surface area is 139 Å². The fraction of sp³-hybridized carbons (Fsp3) is 0.500. The zero-order chi connectivity index (χ0) is 14.9. The summed E-state index contributed by atoms with van der Waals surface area (Å²) in [6.07, 6.45) is 4.33. The first-order valence-electron chi connectivity index (χ1n) is 7.91. The molecule has 0 atom stereocenters. The molecule has 0 aliphatic carbocycles. The first kappa shape index (κ1) is 17.0. The summed E-state index contributed by atoms with van der Waals surface area (Å²) in [5.41, 5.74) is 4.07. The van der Waals surface area contributed by atoms with E-state index >= 15 is 0 Å². The van der Waals surface area contributed by atoms with Gasteiger partial charge in [-0.25, -0.2) is 4.68 Å². The number of rotatable bonds is 2. The predicted molar refractivity (Wildman–Crippen MR) is 94.4 cm³/mol. The third-order valence-corrected chi connectivity index (χ3v) is 4.41. The fourth-order valence-corrected chi connectivity index (χ4v) is 3.06. The van der Waals surface area contributed by atoms with Crippen LogP contribution in [0.5, 0.6) is 0 Å². The van der Waals surface area contributed by atoms with Gasteiger partial charge in [0, 0.05) is 17.8 Å². The van der Waals surface area contributed by atoms with E-state index in [1.807, 2.05) is 6.20 Å². The maximum absolute atomic E-state index is 4.55. The lowest BCUT2D eigenvalue weighted by atomic mass is 9.87. The highest BCUT2D eigenvalue weighted by molar-refractivity contribution is 5.85. The van der Waals surface area contributed by atoms with Crippen LogP contribution in [0.1, 0.15) is 50.8 Å². The smallest absolute Gasteiger partial charge is 0.0649 e. The van der Waals surface area contributed by atoms with E-state index in [9.17, 15) is 0 Å². The maximum atomic E-state index is 4.55. The number of nitrogens with one attached hydrogen (secondary N) is 1. The second kappa shape index (κ2) is 6.84. The second-order valence-corrected chi connectivity index (χ2v) is 6.99. The topological polar surface area (TPSA) is 29.9 Å². The SMILES string of the molecule is CC(C)(C)c1ccc(-n2nccc2C2CCNCC2)cc1.Cl. The van der Waals surface area contributed by atoms with Gasteiger partial charge in [0.15, 0.2) is 0 Å². The van der Waals surface area contributed by atoms with Crippen molar-refractivity contribution in [3.8, 4) is 5.69 Å². The van der Waals surface area contributed by atoms with Crippen molar-refractivity contribution in [3.05, 3.63) is 47.8 Å². The minimum Gasteiger partial charge on any atom is -0.317 e. The quantitative estimate of drug-likeness (QED) is 0.904. The number of nitrogens with zero attached hydrogens (tertiary/aromatic N) is 2. The van der Waals surface area contributed by atoms with Gasteiger partial charge in [0.2, 0.25) is 0 Å². The molecular formula is C18H26ClN3. The van der Waals surface area contributed by atoms with Crippen LogP contribution in [0.3, 0.4) is 0 Å². The minimum atomic E-state index is 0. The first-order chi connectivity index (χ1) is 10.1. The molecule has 2 aromatic rings. The molecule has 1 N–H and O–H groups in total. The van der Waals surface area contributed by atoms with Gasteiger partial charge in [0.25, 0.3) is 0 Å². The molecule has 1 aromatic heterocycles. The zero-order valence-electron chi connectivity index (χ0n) is 13.7.